The smallest absolute Gasteiger partial charge is 0.242 e. The Bertz CT molecular complexity index is 1090. The number of likely N-dealkylation sites (tertiary alicyclic amines) is 1. The summed E-state index contributed by atoms with van der Waals surface area (Å²) in [5, 5.41) is 0. The van der Waals surface area contributed by atoms with Gasteiger partial charge in [-0.1, -0.05) is 24.3 Å². The molecule has 4 rings (SSSR count). The van der Waals surface area contributed by atoms with E-state index in [0.717, 1.165) is 17.0 Å². The van der Waals surface area contributed by atoms with Crippen LogP contribution in [0, 0.1) is 5.92 Å². The number of hydrogen-bond acceptors (Lipinski definition) is 6. The fourth-order valence-electron chi connectivity index (χ4n) is 4.60. The molecule has 9 nitrogen and oxygen atoms in total. The van der Waals surface area contributed by atoms with E-state index in [1.54, 1.807) is 34.1 Å². The molecule has 0 saturated carbocycles. The van der Waals surface area contributed by atoms with Crippen LogP contribution in [0.5, 0.6) is 5.75 Å². The summed E-state index contributed by atoms with van der Waals surface area (Å²) in [4.78, 5) is 48.2. The Morgan fingerprint density at radius 2 is 1.97 bits per heavy atom. The van der Waals surface area contributed by atoms with Crippen molar-refractivity contribution in [3.63, 3.8) is 0 Å². The van der Waals surface area contributed by atoms with Gasteiger partial charge in [-0.25, -0.2) is 0 Å². The van der Waals surface area contributed by atoms with Crippen LogP contribution in [0.4, 0.5) is 0 Å². The molecule has 0 radical (unpaired) electrons. The zero-order valence-corrected chi connectivity index (χ0v) is 20.5. The first-order valence-corrected chi connectivity index (χ1v) is 12.1. The van der Waals surface area contributed by atoms with Crippen LogP contribution in [-0.4, -0.2) is 83.3 Å². The third-order valence-corrected chi connectivity index (χ3v) is 6.45. The minimum absolute atomic E-state index is 0.0587. The number of amides is 3. The SMILES string of the molecule is C=CCN1C[C@H](C(=O)N2CC(=O)N(Cc3ccccn3)C[C@H](OCc3cccc(OC)c3)C2)CC1=O. The van der Waals surface area contributed by atoms with E-state index in [2.05, 4.69) is 11.6 Å². The summed E-state index contributed by atoms with van der Waals surface area (Å²) in [6, 6.07) is 13.2. The van der Waals surface area contributed by atoms with E-state index in [-0.39, 0.29) is 37.2 Å². The average molecular weight is 493 g/mol. The first-order valence-electron chi connectivity index (χ1n) is 12.1. The van der Waals surface area contributed by atoms with Crippen LogP contribution in [0.15, 0.2) is 61.3 Å². The summed E-state index contributed by atoms with van der Waals surface area (Å²) in [5.41, 5.74) is 1.69. The Kier molecular flexibility index (Phi) is 8.32. The number of benzene rings is 1. The number of aromatic nitrogens is 1. The normalized spacial score (nSPS) is 20.4. The summed E-state index contributed by atoms with van der Waals surface area (Å²) in [5.74, 6) is -0.189. The second kappa shape index (κ2) is 11.8. The molecule has 0 bridgehead atoms. The molecular weight excluding hydrogens is 460 g/mol. The molecule has 0 unspecified atom stereocenters. The van der Waals surface area contributed by atoms with Crippen LogP contribution in [0.1, 0.15) is 17.7 Å². The van der Waals surface area contributed by atoms with Gasteiger partial charge in [-0.15, -0.1) is 6.58 Å². The van der Waals surface area contributed by atoms with Crippen molar-refractivity contribution >= 4 is 17.7 Å². The molecule has 9 heteroatoms. The summed E-state index contributed by atoms with van der Waals surface area (Å²) in [7, 11) is 1.61. The van der Waals surface area contributed by atoms with Crippen LogP contribution in [-0.2, 0) is 32.3 Å². The van der Waals surface area contributed by atoms with Gasteiger partial charge in [0.15, 0.2) is 0 Å². The van der Waals surface area contributed by atoms with E-state index < -0.39 is 12.0 Å². The molecule has 1 aromatic carbocycles. The van der Waals surface area contributed by atoms with Gasteiger partial charge in [0.25, 0.3) is 0 Å². The lowest BCUT2D eigenvalue weighted by molar-refractivity contribution is -0.141. The molecular formula is C27H32N4O5. The van der Waals surface area contributed by atoms with Crippen molar-refractivity contribution in [2.75, 3.05) is 39.8 Å². The van der Waals surface area contributed by atoms with Crippen molar-refractivity contribution in [1.82, 2.24) is 19.7 Å². The highest BCUT2D eigenvalue weighted by atomic mass is 16.5. The van der Waals surface area contributed by atoms with Crippen molar-refractivity contribution in [2.24, 2.45) is 5.92 Å². The summed E-state index contributed by atoms with van der Waals surface area (Å²) >= 11 is 0. The quantitative estimate of drug-likeness (QED) is 0.497. The third kappa shape index (κ3) is 6.28. The fourth-order valence-corrected chi connectivity index (χ4v) is 4.60. The number of rotatable bonds is 9. The van der Waals surface area contributed by atoms with Crippen LogP contribution in [0.25, 0.3) is 0 Å². The van der Waals surface area contributed by atoms with Gasteiger partial charge in [0.05, 0.1) is 44.5 Å². The summed E-state index contributed by atoms with van der Waals surface area (Å²) < 4.78 is 11.5. The van der Waals surface area contributed by atoms with E-state index in [4.69, 9.17) is 9.47 Å². The summed E-state index contributed by atoms with van der Waals surface area (Å²) in [6.07, 6.45) is 3.08. The molecule has 3 amide bonds. The Morgan fingerprint density at radius 1 is 1.11 bits per heavy atom. The molecule has 2 fully saturated rings. The average Bonchev–Trinajstić information content (AvgIpc) is 3.18. The maximum atomic E-state index is 13.4. The zero-order chi connectivity index (χ0) is 25.5. The number of nitrogens with zero attached hydrogens (tertiary/aromatic N) is 4. The van der Waals surface area contributed by atoms with Crippen molar-refractivity contribution in [3.8, 4) is 5.75 Å². The topological polar surface area (TPSA) is 92.3 Å². The van der Waals surface area contributed by atoms with Crippen LogP contribution in [0.2, 0.25) is 0 Å². The predicted molar refractivity (Wildman–Crippen MR) is 133 cm³/mol. The van der Waals surface area contributed by atoms with E-state index in [1.165, 1.54) is 0 Å². The maximum absolute atomic E-state index is 13.4. The molecule has 0 N–H and O–H groups in total. The van der Waals surface area contributed by atoms with E-state index in [9.17, 15) is 14.4 Å². The maximum Gasteiger partial charge on any atom is 0.242 e. The number of pyridine rings is 1. The van der Waals surface area contributed by atoms with Gasteiger partial charge >= 0.3 is 0 Å². The number of methoxy groups -OCH3 is 1. The molecule has 3 heterocycles. The summed E-state index contributed by atoms with van der Waals surface area (Å²) in [6.45, 7) is 5.60. The van der Waals surface area contributed by atoms with Crippen LogP contribution < -0.4 is 4.74 Å². The largest absolute Gasteiger partial charge is 0.497 e. The van der Waals surface area contributed by atoms with Gasteiger partial charge in [0.2, 0.25) is 17.7 Å². The first-order chi connectivity index (χ1) is 17.5. The Balaban J connectivity index is 1.50. The fraction of sp³-hybridized carbons (Fsp3) is 0.407. The monoisotopic (exact) mass is 492 g/mol. The Hall–Kier alpha value is -3.72. The molecule has 2 saturated heterocycles. The highest BCUT2D eigenvalue weighted by molar-refractivity contribution is 5.91. The molecule has 190 valence electrons. The van der Waals surface area contributed by atoms with E-state index in [1.807, 2.05) is 42.5 Å². The van der Waals surface area contributed by atoms with Gasteiger partial charge in [0, 0.05) is 38.8 Å². The lowest BCUT2D eigenvalue weighted by Gasteiger charge is -2.26. The van der Waals surface area contributed by atoms with Crippen molar-refractivity contribution < 1.29 is 23.9 Å². The molecule has 1 aromatic heterocycles. The molecule has 0 aliphatic carbocycles. The van der Waals surface area contributed by atoms with Crippen molar-refractivity contribution in [1.29, 1.82) is 0 Å². The second-order valence-corrected chi connectivity index (χ2v) is 9.09. The van der Waals surface area contributed by atoms with Gasteiger partial charge in [0.1, 0.15) is 5.75 Å². The Labute approximate surface area is 211 Å². The molecule has 0 spiro atoms. The van der Waals surface area contributed by atoms with E-state index >= 15 is 0 Å². The number of hydrogen-bond donors (Lipinski definition) is 0. The van der Waals surface area contributed by atoms with Gasteiger partial charge in [-0.05, 0) is 29.8 Å². The highest BCUT2D eigenvalue weighted by Gasteiger charge is 2.39. The molecule has 36 heavy (non-hydrogen) atoms. The lowest BCUT2D eigenvalue weighted by atomic mass is 10.1. The standard InChI is InChI=1S/C27H32N4O5/c1-3-11-29-14-21(13-25(29)32)27(34)31-17-24(36-19-20-7-6-9-23(12-20)35-2)16-30(26(33)18-31)15-22-8-4-5-10-28-22/h3-10,12,21,24H,1,11,13-19H2,2H3/t21-,24+/m1/s1. The highest BCUT2D eigenvalue weighted by Crippen LogP contribution is 2.23. The molecule has 2 atom stereocenters. The third-order valence-electron chi connectivity index (χ3n) is 6.45. The lowest BCUT2D eigenvalue weighted by Crippen LogP contribution is -2.43. The van der Waals surface area contributed by atoms with Gasteiger partial charge in [-0.3, -0.25) is 19.4 Å². The van der Waals surface area contributed by atoms with E-state index in [0.29, 0.717) is 32.8 Å². The number of carbonyl (C=O) groups is 3. The van der Waals surface area contributed by atoms with Gasteiger partial charge in [-0.2, -0.15) is 0 Å². The second-order valence-electron chi connectivity index (χ2n) is 9.09. The van der Waals surface area contributed by atoms with Crippen LogP contribution >= 0.6 is 0 Å². The molecule has 2 aromatic rings. The first kappa shape index (κ1) is 25.4. The Morgan fingerprint density at radius 3 is 2.72 bits per heavy atom. The zero-order valence-electron chi connectivity index (χ0n) is 20.5. The number of carbonyl (C=O) groups excluding carboxylic acids is 3. The number of ether oxygens (including phenoxy) is 2. The minimum atomic E-state index is -0.480. The molecule has 2 aliphatic rings. The van der Waals surface area contributed by atoms with Gasteiger partial charge < -0.3 is 24.2 Å². The van der Waals surface area contributed by atoms with Crippen LogP contribution in [0.3, 0.4) is 0 Å². The van der Waals surface area contributed by atoms with Crippen molar-refractivity contribution in [2.45, 2.75) is 25.7 Å². The van der Waals surface area contributed by atoms with Crippen molar-refractivity contribution in [3.05, 3.63) is 72.6 Å². The minimum Gasteiger partial charge on any atom is -0.497 e. The predicted octanol–water partition coefficient (Wildman–Crippen LogP) is 1.88. The molecule has 2 aliphatic heterocycles.